The molecule has 5 atom stereocenters. The molecule has 2 fully saturated rings. The molecule has 3 N–H and O–H groups in total. The number of fused-ring (bicyclic) bond motifs is 2. The van der Waals surface area contributed by atoms with Gasteiger partial charge in [-0.05, 0) is 57.1 Å². The highest BCUT2D eigenvalue weighted by Gasteiger charge is 2.73. The highest BCUT2D eigenvalue weighted by atomic mass is 35.5. The number of nitrogens with two attached hydrogens (primary N) is 1. The van der Waals surface area contributed by atoms with Crippen molar-refractivity contribution >= 4 is 52.7 Å². The first kappa shape index (κ1) is 30.3. The summed E-state index contributed by atoms with van der Waals surface area (Å²) in [6.45, 7) is 7.18. The highest BCUT2D eigenvalue weighted by molar-refractivity contribution is 6.51. The molecule has 1 heterocycles. The van der Waals surface area contributed by atoms with E-state index in [-0.39, 0.29) is 24.8 Å². The molecule has 2 aliphatic carbocycles. The van der Waals surface area contributed by atoms with Crippen LogP contribution < -0.4 is 11.1 Å². The largest absolute Gasteiger partial charge is 0.444 e. The average Bonchev–Trinajstić information content (AvgIpc) is 3.24. The Labute approximate surface area is 244 Å². The van der Waals surface area contributed by atoms with E-state index in [9.17, 15) is 24.0 Å². The van der Waals surface area contributed by atoms with E-state index >= 15 is 0 Å². The molecule has 3 amide bonds. The maximum Gasteiger partial charge on any atom is 0.408 e. The van der Waals surface area contributed by atoms with Crippen LogP contribution in [0, 0.1) is 23.7 Å². The molecule has 3 aliphatic rings. The minimum absolute atomic E-state index is 0.140. The van der Waals surface area contributed by atoms with Crippen molar-refractivity contribution in [1.82, 2.24) is 10.2 Å². The molecule has 0 spiro atoms. The van der Waals surface area contributed by atoms with Crippen LogP contribution in [0.2, 0.25) is 0 Å². The Hall–Kier alpha value is -2.65. The van der Waals surface area contributed by atoms with Gasteiger partial charge in [0.2, 0.25) is 11.7 Å². The molecule has 11 heteroatoms. The number of primary amides is 1. The van der Waals surface area contributed by atoms with Crippen LogP contribution in [-0.2, 0) is 36.8 Å². The van der Waals surface area contributed by atoms with Gasteiger partial charge in [-0.1, -0.05) is 37.6 Å². The van der Waals surface area contributed by atoms with Crippen LogP contribution >= 0.6 is 23.2 Å². The molecule has 4 rings (SSSR count). The van der Waals surface area contributed by atoms with E-state index in [0.29, 0.717) is 25.7 Å². The fourth-order valence-corrected chi connectivity index (χ4v) is 7.09. The summed E-state index contributed by atoms with van der Waals surface area (Å²) in [5, 5.41) is 2.79. The number of nitrogens with zero attached hydrogens (tertiary/aromatic N) is 1. The first-order valence-corrected chi connectivity index (χ1v) is 14.5. The number of ketones is 2. The zero-order valence-electron chi connectivity index (χ0n) is 23.2. The number of alkyl carbamates (subject to hydrolysis) is 1. The molecule has 0 aromatic heterocycles. The fourth-order valence-electron chi connectivity index (χ4n) is 6.26. The number of likely N-dealkylation sites (tertiary alicyclic amines) is 1. The summed E-state index contributed by atoms with van der Waals surface area (Å²) in [4.78, 5) is 66.3. The standard InChI is InChI=1S/C29H37Cl2N3O6/c1-5-8-17(24(36)25(32)37)13-20(35)23-21-19(29(21,30)31)14-34(23)26(38)22(33-27(39)40-28(2,3)4)18-11-15-9-6-7-10-16(15)12-18/h6-7,9-10,17-19,21-23H,5,8,11-14H2,1-4H3,(H2,32,37)(H,33,39)/t17?,19-,21-,22-,23+/m0/s1. The lowest BCUT2D eigenvalue weighted by molar-refractivity contribution is -0.143. The van der Waals surface area contributed by atoms with Crippen molar-refractivity contribution in [2.24, 2.45) is 29.4 Å². The van der Waals surface area contributed by atoms with Crippen molar-refractivity contribution in [3.8, 4) is 0 Å². The van der Waals surface area contributed by atoms with Crippen LogP contribution in [-0.4, -0.2) is 62.9 Å². The number of carbonyl (C=O) groups excluding carboxylic acids is 5. The van der Waals surface area contributed by atoms with Crippen molar-refractivity contribution in [1.29, 1.82) is 0 Å². The number of amides is 3. The average molecular weight is 595 g/mol. The lowest BCUT2D eigenvalue weighted by atomic mass is 9.88. The van der Waals surface area contributed by atoms with E-state index < -0.39 is 63.3 Å². The number of halogens is 2. The molecule has 1 aromatic rings. The minimum Gasteiger partial charge on any atom is -0.444 e. The van der Waals surface area contributed by atoms with Gasteiger partial charge in [0, 0.05) is 30.7 Å². The van der Waals surface area contributed by atoms with Crippen molar-refractivity contribution in [3.05, 3.63) is 35.4 Å². The molecule has 1 saturated carbocycles. The summed E-state index contributed by atoms with van der Waals surface area (Å²) in [7, 11) is 0. The first-order chi connectivity index (χ1) is 18.7. The van der Waals surface area contributed by atoms with Gasteiger partial charge < -0.3 is 20.7 Å². The fraction of sp³-hybridized carbons (Fsp3) is 0.621. The molecule has 0 radical (unpaired) electrons. The zero-order valence-corrected chi connectivity index (χ0v) is 24.8. The molecule has 40 heavy (non-hydrogen) atoms. The highest BCUT2D eigenvalue weighted by Crippen LogP contribution is 2.65. The number of alkyl halides is 2. The number of piperidine rings is 1. The quantitative estimate of drug-likeness (QED) is 0.315. The summed E-state index contributed by atoms with van der Waals surface area (Å²) in [6.07, 6.45) is 1.03. The summed E-state index contributed by atoms with van der Waals surface area (Å²) >= 11 is 13.0. The second-order valence-corrected chi connectivity index (χ2v) is 13.6. The number of Topliss-reactive ketones (excluding diaryl/α,β-unsaturated/α-hetero) is 2. The van der Waals surface area contributed by atoms with Crippen molar-refractivity contribution in [2.45, 2.75) is 81.8 Å². The van der Waals surface area contributed by atoms with E-state index in [2.05, 4.69) is 5.32 Å². The maximum atomic E-state index is 14.2. The Morgan fingerprint density at radius 3 is 2.25 bits per heavy atom. The van der Waals surface area contributed by atoms with E-state index in [1.54, 1.807) is 20.8 Å². The molecule has 1 aliphatic heterocycles. The topological polar surface area (TPSA) is 136 Å². The van der Waals surface area contributed by atoms with Crippen LogP contribution in [0.25, 0.3) is 0 Å². The molecule has 1 aromatic carbocycles. The van der Waals surface area contributed by atoms with Gasteiger partial charge in [0.25, 0.3) is 5.91 Å². The van der Waals surface area contributed by atoms with E-state index in [0.717, 1.165) is 11.1 Å². The minimum atomic E-state index is -1.18. The van der Waals surface area contributed by atoms with Crippen LogP contribution in [0.15, 0.2) is 24.3 Å². The van der Waals surface area contributed by atoms with Crippen LogP contribution in [0.1, 0.15) is 58.1 Å². The smallest absolute Gasteiger partial charge is 0.408 e. The number of benzene rings is 1. The van der Waals surface area contributed by atoms with Crippen LogP contribution in [0.5, 0.6) is 0 Å². The summed E-state index contributed by atoms with van der Waals surface area (Å²) in [5.41, 5.74) is 6.65. The SMILES string of the molecule is CCCC(CC(=O)[C@@H]1[C@@H]2[C@H](CN1C(=O)[C@@H](NC(=O)OC(C)(C)C)C1Cc3ccccc3C1)C2(Cl)Cl)C(=O)C(N)=O. The molecule has 1 unspecified atom stereocenters. The number of carbonyl (C=O) groups is 5. The molecule has 9 nitrogen and oxygen atoms in total. The molecular weight excluding hydrogens is 557 g/mol. The number of ether oxygens (including phenoxy) is 1. The maximum absolute atomic E-state index is 14.2. The number of rotatable bonds is 10. The van der Waals surface area contributed by atoms with Crippen LogP contribution in [0.3, 0.4) is 0 Å². The Kier molecular flexibility index (Phi) is 8.58. The van der Waals surface area contributed by atoms with Crippen molar-refractivity contribution < 1.29 is 28.7 Å². The summed E-state index contributed by atoms with van der Waals surface area (Å²) in [5.74, 6) is -4.71. The predicted molar refractivity (Wildman–Crippen MR) is 150 cm³/mol. The monoisotopic (exact) mass is 593 g/mol. The number of hydrogen-bond acceptors (Lipinski definition) is 6. The second-order valence-electron chi connectivity index (χ2n) is 12.2. The van der Waals surface area contributed by atoms with Gasteiger partial charge in [0.15, 0.2) is 5.78 Å². The predicted octanol–water partition coefficient (Wildman–Crippen LogP) is 3.36. The van der Waals surface area contributed by atoms with Crippen molar-refractivity contribution in [3.63, 3.8) is 0 Å². The lowest BCUT2D eigenvalue weighted by Crippen LogP contribution is -2.57. The number of nitrogens with one attached hydrogen (secondary N) is 1. The van der Waals surface area contributed by atoms with Crippen LogP contribution in [0.4, 0.5) is 4.79 Å². The summed E-state index contributed by atoms with van der Waals surface area (Å²) < 4.78 is 4.29. The Morgan fingerprint density at radius 2 is 1.73 bits per heavy atom. The van der Waals surface area contributed by atoms with Gasteiger partial charge in [-0.3, -0.25) is 19.2 Å². The van der Waals surface area contributed by atoms with Gasteiger partial charge in [0.1, 0.15) is 16.0 Å². The van der Waals surface area contributed by atoms with E-state index in [4.69, 9.17) is 33.7 Å². The third kappa shape index (κ3) is 6.15. The van der Waals surface area contributed by atoms with E-state index in [1.807, 2.05) is 31.2 Å². The third-order valence-corrected chi connectivity index (χ3v) is 9.20. The summed E-state index contributed by atoms with van der Waals surface area (Å²) in [6, 6.07) is 5.92. The molecular formula is C29H37Cl2N3O6. The van der Waals surface area contributed by atoms with Gasteiger partial charge in [-0.15, -0.1) is 23.2 Å². The lowest BCUT2D eigenvalue weighted by Gasteiger charge is -2.35. The Balaban J connectivity index is 1.60. The van der Waals surface area contributed by atoms with E-state index in [1.165, 1.54) is 4.90 Å². The zero-order chi connectivity index (χ0) is 29.6. The molecule has 1 saturated heterocycles. The molecule has 218 valence electrons. The van der Waals surface area contributed by atoms with Crippen molar-refractivity contribution in [2.75, 3.05) is 6.54 Å². The first-order valence-electron chi connectivity index (χ1n) is 13.8. The molecule has 0 bridgehead atoms. The van der Waals surface area contributed by atoms with Gasteiger partial charge in [-0.2, -0.15) is 0 Å². The third-order valence-electron chi connectivity index (χ3n) is 8.14. The number of hydrogen-bond donors (Lipinski definition) is 2. The second kappa shape index (κ2) is 11.3. The Bertz CT molecular complexity index is 1190. The van der Waals surface area contributed by atoms with Gasteiger partial charge >= 0.3 is 6.09 Å². The van der Waals surface area contributed by atoms with Gasteiger partial charge in [-0.25, -0.2) is 4.79 Å². The normalized spacial score (nSPS) is 24.4. The Morgan fingerprint density at radius 1 is 1.12 bits per heavy atom. The van der Waals surface area contributed by atoms with Gasteiger partial charge in [0.05, 0.1) is 6.04 Å².